The average Bonchev–Trinajstić information content (AvgIpc) is 3.66. The van der Waals surface area contributed by atoms with Crippen molar-refractivity contribution in [2.24, 2.45) is 11.8 Å². The number of methoxy groups -OCH3 is 1. The van der Waals surface area contributed by atoms with Gasteiger partial charge in [0, 0.05) is 18.4 Å². The van der Waals surface area contributed by atoms with Crippen LogP contribution in [-0.2, 0) is 14.3 Å². The number of carbonyl (C=O) groups is 3. The summed E-state index contributed by atoms with van der Waals surface area (Å²) in [7, 11) is 1.26. The van der Waals surface area contributed by atoms with Gasteiger partial charge in [-0.05, 0) is 42.4 Å². The lowest BCUT2D eigenvalue weighted by Gasteiger charge is -2.33. The summed E-state index contributed by atoms with van der Waals surface area (Å²) in [6, 6.07) is 6.45. The van der Waals surface area contributed by atoms with Crippen LogP contribution in [0.5, 0.6) is 0 Å². The van der Waals surface area contributed by atoms with Gasteiger partial charge in [0.05, 0.1) is 30.8 Å². The topological polar surface area (TPSA) is 147 Å². The molecule has 1 aliphatic rings. The molecule has 41 heavy (non-hydrogen) atoms. The van der Waals surface area contributed by atoms with Crippen molar-refractivity contribution in [2.45, 2.75) is 58.8 Å². The van der Waals surface area contributed by atoms with E-state index in [0.29, 0.717) is 31.1 Å². The number of hydrogen-bond donors (Lipinski definition) is 4. The van der Waals surface area contributed by atoms with Gasteiger partial charge in [-0.2, -0.15) is 0 Å². The number of aromatic nitrogens is 2. The number of aliphatic hydroxyl groups is 1. The maximum Gasteiger partial charge on any atom is 0.412 e. The highest BCUT2D eigenvalue weighted by Gasteiger charge is 2.38. The van der Waals surface area contributed by atoms with E-state index in [-0.39, 0.29) is 17.7 Å². The Balaban J connectivity index is 1.37. The number of fused-ring (bicyclic) bond motifs is 1. The quantitative estimate of drug-likeness (QED) is 0.256. The third kappa shape index (κ3) is 7.47. The van der Waals surface area contributed by atoms with Gasteiger partial charge in [0.25, 0.3) is 0 Å². The molecule has 3 amide bonds. The molecule has 1 aromatic carbocycles. The summed E-state index contributed by atoms with van der Waals surface area (Å²) in [6.07, 6.45) is 2.89. The summed E-state index contributed by atoms with van der Waals surface area (Å²) in [5.41, 5.74) is 1.68. The zero-order chi connectivity index (χ0) is 29.7. The van der Waals surface area contributed by atoms with E-state index in [1.54, 1.807) is 11.1 Å². The highest BCUT2D eigenvalue weighted by Crippen LogP contribution is 2.31. The largest absolute Gasteiger partial charge is 0.453 e. The Morgan fingerprint density at radius 3 is 2.49 bits per heavy atom. The van der Waals surface area contributed by atoms with Crippen LogP contribution >= 0.6 is 11.3 Å². The number of nitrogens with zero attached hydrogens (tertiary/aromatic N) is 3. The molecular formula is C28H38N6O6S. The summed E-state index contributed by atoms with van der Waals surface area (Å²) in [5, 5.41) is 19.4. The van der Waals surface area contributed by atoms with Gasteiger partial charge in [-0.25, -0.2) is 14.6 Å². The number of likely N-dealkylation sites (tertiary alicyclic amines) is 1. The second kappa shape index (κ2) is 13.2. The van der Waals surface area contributed by atoms with E-state index in [0.717, 1.165) is 21.8 Å². The van der Waals surface area contributed by atoms with Crippen molar-refractivity contribution in [1.82, 2.24) is 19.6 Å². The van der Waals surface area contributed by atoms with E-state index < -0.39 is 30.5 Å². The molecule has 1 aliphatic heterocycles. The number of aliphatic hydroxyl groups excluding tert-OH is 1. The molecule has 12 nitrogen and oxygen atoms in total. The minimum atomic E-state index is -0.985. The number of hydrogen-bond acceptors (Lipinski definition) is 9. The number of nitrogens with one attached hydrogen (secondary N) is 3. The number of alkyl carbamates (subject to hydrolysis) is 1. The standard InChI is InChI=1S/C28H38N6O6S/c1-16(2)15-40-28(38)31-22-14-33-13-21(41-26(33)30-22)18-8-10-19(11-9-18)29-24(35)20-7-6-12-34(20)25(36)23(17(3)4)32-27(37)39-5/h8-11,13-14,16-17,20,23-24,29,35H,6-7,12,15H2,1-5H3,(H,31,38)(H,32,37). The van der Waals surface area contributed by atoms with Gasteiger partial charge in [0.2, 0.25) is 5.91 Å². The van der Waals surface area contributed by atoms with Crippen LogP contribution in [0.1, 0.15) is 40.5 Å². The van der Waals surface area contributed by atoms with Gasteiger partial charge in [-0.1, -0.05) is 51.2 Å². The number of anilines is 2. The molecule has 13 heteroatoms. The minimum Gasteiger partial charge on any atom is -0.453 e. The zero-order valence-corrected chi connectivity index (χ0v) is 24.7. The van der Waals surface area contributed by atoms with E-state index >= 15 is 0 Å². The summed E-state index contributed by atoms with van der Waals surface area (Å²) in [4.78, 5) is 44.8. The van der Waals surface area contributed by atoms with Crippen LogP contribution < -0.4 is 16.0 Å². The molecule has 0 radical (unpaired) electrons. The van der Waals surface area contributed by atoms with Crippen molar-refractivity contribution >= 4 is 45.9 Å². The highest BCUT2D eigenvalue weighted by molar-refractivity contribution is 7.20. The predicted molar refractivity (Wildman–Crippen MR) is 157 cm³/mol. The second-order valence-corrected chi connectivity index (χ2v) is 11.8. The highest BCUT2D eigenvalue weighted by atomic mass is 32.1. The van der Waals surface area contributed by atoms with Crippen molar-refractivity contribution in [1.29, 1.82) is 0 Å². The molecule has 1 saturated heterocycles. The van der Waals surface area contributed by atoms with Gasteiger partial charge in [0.1, 0.15) is 12.3 Å². The Kier molecular flexibility index (Phi) is 9.71. The Bertz CT molecular complexity index is 1320. The molecule has 3 aromatic rings. The number of thiazole rings is 1. The van der Waals surface area contributed by atoms with Gasteiger partial charge in [0.15, 0.2) is 10.8 Å². The van der Waals surface area contributed by atoms with Gasteiger partial charge in [-0.3, -0.25) is 14.5 Å². The van der Waals surface area contributed by atoms with Gasteiger partial charge in [-0.15, -0.1) is 0 Å². The Hall–Kier alpha value is -3.84. The number of imidazole rings is 1. The average molecular weight is 587 g/mol. The van der Waals surface area contributed by atoms with Crippen LogP contribution in [0.15, 0.2) is 36.7 Å². The summed E-state index contributed by atoms with van der Waals surface area (Å²) < 4.78 is 11.7. The molecular weight excluding hydrogens is 548 g/mol. The number of rotatable bonds is 10. The normalized spacial score (nSPS) is 16.6. The van der Waals surface area contributed by atoms with Crippen LogP contribution in [-0.4, -0.2) is 76.1 Å². The van der Waals surface area contributed by atoms with Gasteiger partial charge < -0.3 is 30.1 Å². The molecule has 0 bridgehead atoms. The summed E-state index contributed by atoms with van der Waals surface area (Å²) in [6.45, 7) is 8.48. The van der Waals surface area contributed by atoms with Crippen LogP contribution in [0.2, 0.25) is 0 Å². The first kappa shape index (κ1) is 30.1. The monoisotopic (exact) mass is 586 g/mol. The molecule has 3 heterocycles. The Labute approximate surface area is 243 Å². The van der Waals surface area contributed by atoms with E-state index in [9.17, 15) is 19.5 Å². The first-order valence-electron chi connectivity index (χ1n) is 13.7. The van der Waals surface area contributed by atoms with Crippen molar-refractivity contribution in [2.75, 3.05) is 30.9 Å². The lowest BCUT2D eigenvalue weighted by molar-refractivity contribution is -0.137. The molecule has 0 saturated carbocycles. The molecule has 0 spiro atoms. The zero-order valence-electron chi connectivity index (χ0n) is 23.9. The third-order valence-electron chi connectivity index (χ3n) is 6.76. The molecule has 3 unspecified atom stereocenters. The van der Waals surface area contributed by atoms with Crippen molar-refractivity contribution in [3.63, 3.8) is 0 Å². The molecule has 3 atom stereocenters. The maximum absolute atomic E-state index is 13.3. The fraction of sp³-hybridized carbons (Fsp3) is 0.500. The van der Waals surface area contributed by atoms with E-state index in [4.69, 9.17) is 4.74 Å². The first-order chi connectivity index (χ1) is 19.5. The third-order valence-corrected chi connectivity index (χ3v) is 7.80. The number of amides is 3. The smallest absolute Gasteiger partial charge is 0.412 e. The second-order valence-electron chi connectivity index (χ2n) is 10.8. The fourth-order valence-corrected chi connectivity index (χ4v) is 5.61. The van der Waals surface area contributed by atoms with Crippen LogP contribution in [0.4, 0.5) is 21.1 Å². The lowest BCUT2D eigenvalue weighted by Crippen LogP contribution is -2.55. The van der Waals surface area contributed by atoms with Crippen LogP contribution in [0.25, 0.3) is 15.4 Å². The van der Waals surface area contributed by atoms with Crippen molar-refractivity contribution in [3.8, 4) is 10.4 Å². The fourth-order valence-electron chi connectivity index (χ4n) is 4.64. The van der Waals surface area contributed by atoms with Crippen LogP contribution in [0, 0.1) is 11.8 Å². The Morgan fingerprint density at radius 1 is 1.12 bits per heavy atom. The lowest BCUT2D eigenvalue weighted by atomic mass is 10.0. The van der Waals surface area contributed by atoms with Crippen molar-refractivity contribution < 1.29 is 29.0 Å². The Morgan fingerprint density at radius 2 is 1.85 bits per heavy atom. The number of benzene rings is 1. The van der Waals surface area contributed by atoms with E-state index in [1.165, 1.54) is 18.4 Å². The molecule has 0 aliphatic carbocycles. The molecule has 4 rings (SSSR count). The minimum absolute atomic E-state index is 0.144. The molecule has 1 fully saturated rings. The number of carbonyl (C=O) groups excluding carboxylic acids is 3. The van der Waals surface area contributed by atoms with Crippen LogP contribution in [0.3, 0.4) is 0 Å². The predicted octanol–water partition coefficient (Wildman–Crippen LogP) is 4.37. The first-order valence-corrected chi connectivity index (χ1v) is 14.5. The summed E-state index contributed by atoms with van der Waals surface area (Å²) in [5.74, 6) is 0.289. The number of ether oxygens (including phenoxy) is 2. The van der Waals surface area contributed by atoms with Crippen molar-refractivity contribution in [3.05, 3.63) is 36.7 Å². The SMILES string of the molecule is COC(=O)NC(C(=O)N1CCCC1C(O)Nc1ccc(-c2cn3cc(NC(=O)OCC(C)C)nc3s2)cc1)C(C)C. The van der Waals surface area contributed by atoms with Gasteiger partial charge >= 0.3 is 12.2 Å². The molecule has 4 N–H and O–H groups in total. The molecule has 2 aromatic heterocycles. The maximum atomic E-state index is 13.3. The van der Waals surface area contributed by atoms with E-state index in [2.05, 4.69) is 25.7 Å². The molecule has 222 valence electrons. The van der Waals surface area contributed by atoms with E-state index in [1.807, 2.05) is 62.6 Å². The summed E-state index contributed by atoms with van der Waals surface area (Å²) >= 11 is 1.48.